The quantitative estimate of drug-likeness (QED) is 0.689. The summed E-state index contributed by atoms with van der Waals surface area (Å²) in [5.74, 6) is 0.722. The number of anilines is 1. The van der Waals surface area contributed by atoms with Gasteiger partial charge < -0.3 is 10.6 Å². The lowest BCUT2D eigenvalue weighted by Crippen LogP contribution is -2.25. The molecular weight excluding hydrogens is 196 g/mol. The molecule has 14 heavy (non-hydrogen) atoms. The van der Waals surface area contributed by atoms with E-state index < -0.39 is 0 Å². The number of hydrogen-bond donors (Lipinski definition) is 2. The van der Waals surface area contributed by atoms with Crippen LogP contribution in [0.3, 0.4) is 0 Å². The lowest BCUT2D eigenvalue weighted by molar-refractivity contribution is 1.13. The standard InChI is InChI=1S/C9H10N4S/c1-10-9(14)12-8-11-6-7-4-2-3-5-13(7)8/h2-6H,1H3,(H2,10,11,12,14). The summed E-state index contributed by atoms with van der Waals surface area (Å²) in [4.78, 5) is 4.21. The zero-order chi connectivity index (χ0) is 9.97. The molecular formula is C9H10N4S. The van der Waals surface area contributed by atoms with E-state index in [4.69, 9.17) is 12.2 Å². The van der Waals surface area contributed by atoms with E-state index in [0.29, 0.717) is 5.11 Å². The number of rotatable bonds is 1. The summed E-state index contributed by atoms with van der Waals surface area (Å²) in [6, 6.07) is 5.90. The summed E-state index contributed by atoms with van der Waals surface area (Å²) < 4.78 is 1.93. The average Bonchev–Trinajstić information content (AvgIpc) is 2.62. The topological polar surface area (TPSA) is 41.4 Å². The van der Waals surface area contributed by atoms with Crippen LogP contribution in [0.4, 0.5) is 5.95 Å². The van der Waals surface area contributed by atoms with Crippen LogP contribution < -0.4 is 10.6 Å². The Hall–Kier alpha value is -1.62. The van der Waals surface area contributed by atoms with Crippen molar-refractivity contribution in [1.82, 2.24) is 14.7 Å². The van der Waals surface area contributed by atoms with Crippen molar-refractivity contribution < 1.29 is 0 Å². The number of nitrogens with one attached hydrogen (secondary N) is 2. The molecule has 0 amide bonds. The predicted octanol–water partition coefficient (Wildman–Crippen LogP) is 1.25. The first-order valence-electron chi connectivity index (χ1n) is 4.22. The van der Waals surface area contributed by atoms with Crippen LogP contribution in [0, 0.1) is 0 Å². The normalized spacial score (nSPS) is 10.1. The lowest BCUT2D eigenvalue weighted by Gasteiger charge is -2.04. The number of aromatic nitrogens is 2. The number of imidazole rings is 1. The van der Waals surface area contributed by atoms with Crippen molar-refractivity contribution in [2.45, 2.75) is 0 Å². The highest BCUT2D eigenvalue weighted by Gasteiger charge is 2.02. The second-order valence-electron chi connectivity index (χ2n) is 2.78. The average molecular weight is 206 g/mol. The molecule has 2 aromatic heterocycles. The fourth-order valence-electron chi connectivity index (χ4n) is 1.20. The van der Waals surface area contributed by atoms with Gasteiger partial charge in [0.05, 0.1) is 11.7 Å². The molecule has 2 heterocycles. The third kappa shape index (κ3) is 1.54. The van der Waals surface area contributed by atoms with Gasteiger partial charge in [-0.1, -0.05) is 6.07 Å². The Kier molecular flexibility index (Phi) is 2.32. The van der Waals surface area contributed by atoms with Gasteiger partial charge in [-0.3, -0.25) is 4.40 Å². The molecule has 5 heteroatoms. The molecule has 72 valence electrons. The SMILES string of the molecule is CNC(=S)Nc1ncc2ccccn12. The molecule has 0 saturated heterocycles. The Morgan fingerprint density at radius 3 is 3.14 bits per heavy atom. The number of nitrogens with zero attached hydrogens (tertiary/aromatic N) is 2. The van der Waals surface area contributed by atoms with Crippen LogP contribution >= 0.6 is 12.2 Å². The number of hydrogen-bond acceptors (Lipinski definition) is 2. The zero-order valence-electron chi connectivity index (χ0n) is 7.69. The van der Waals surface area contributed by atoms with Crippen molar-refractivity contribution in [3.05, 3.63) is 30.6 Å². The molecule has 0 fully saturated rings. The highest BCUT2D eigenvalue weighted by molar-refractivity contribution is 7.80. The Morgan fingerprint density at radius 1 is 1.50 bits per heavy atom. The van der Waals surface area contributed by atoms with Crippen molar-refractivity contribution in [3.8, 4) is 0 Å². The molecule has 0 bridgehead atoms. The number of pyridine rings is 1. The van der Waals surface area contributed by atoms with Crippen LogP contribution in [0.2, 0.25) is 0 Å². The van der Waals surface area contributed by atoms with Gasteiger partial charge >= 0.3 is 0 Å². The van der Waals surface area contributed by atoms with Crippen molar-refractivity contribution in [1.29, 1.82) is 0 Å². The van der Waals surface area contributed by atoms with Gasteiger partial charge in [-0.05, 0) is 24.4 Å². The summed E-state index contributed by atoms with van der Waals surface area (Å²) in [5.41, 5.74) is 1.04. The molecule has 0 unspecified atom stereocenters. The Labute approximate surface area is 87.0 Å². The molecule has 2 N–H and O–H groups in total. The summed E-state index contributed by atoms with van der Waals surface area (Å²) >= 11 is 4.99. The second kappa shape index (κ2) is 3.63. The first kappa shape index (κ1) is 8.96. The fraction of sp³-hybridized carbons (Fsp3) is 0.111. The monoisotopic (exact) mass is 206 g/mol. The molecule has 0 radical (unpaired) electrons. The zero-order valence-corrected chi connectivity index (χ0v) is 8.51. The molecule has 0 aliphatic carbocycles. The predicted molar refractivity (Wildman–Crippen MR) is 60.5 cm³/mol. The minimum atomic E-state index is 0.557. The smallest absolute Gasteiger partial charge is 0.213 e. The van der Waals surface area contributed by atoms with Gasteiger partial charge in [-0.2, -0.15) is 0 Å². The maximum Gasteiger partial charge on any atom is 0.213 e. The van der Waals surface area contributed by atoms with E-state index in [9.17, 15) is 0 Å². The van der Waals surface area contributed by atoms with Gasteiger partial charge in [0.15, 0.2) is 5.11 Å². The third-order valence-electron chi connectivity index (χ3n) is 1.89. The molecule has 0 aromatic carbocycles. The third-order valence-corrected chi connectivity index (χ3v) is 2.20. The van der Waals surface area contributed by atoms with Crippen LogP contribution in [0.25, 0.3) is 5.52 Å². The minimum absolute atomic E-state index is 0.557. The highest BCUT2D eigenvalue weighted by Crippen LogP contribution is 2.09. The van der Waals surface area contributed by atoms with Crippen LogP contribution in [0.1, 0.15) is 0 Å². The lowest BCUT2D eigenvalue weighted by atomic mass is 10.4. The van der Waals surface area contributed by atoms with Crippen molar-refractivity contribution in [3.63, 3.8) is 0 Å². The Bertz CT molecular complexity index is 463. The van der Waals surface area contributed by atoms with Crippen LogP contribution in [0.15, 0.2) is 30.6 Å². The largest absolute Gasteiger partial charge is 0.365 e. The summed E-state index contributed by atoms with van der Waals surface area (Å²) in [6.45, 7) is 0. The molecule has 0 aliphatic rings. The molecule has 2 aromatic rings. The Morgan fingerprint density at radius 2 is 2.36 bits per heavy atom. The van der Waals surface area contributed by atoms with Crippen molar-refractivity contribution in [2.75, 3.05) is 12.4 Å². The Balaban J connectivity index is 2.38. The summed E-state index contributed by atoms with van der Waals surface area (Å²) in [7, 11) is 1.77. The van der Waals surface area contributed by atoms with Crippen molar-refractivity contribution >= 4 is 28.8 Å². The maximum absolute atomic E-state index is 4.99. The van der Waals surface area contributed by atoms with E-state index in [2.05, 4.69) is 15.6 Å². The molecule has 2 rings (SSSR count). The highest BCUT2D eigenvalue weighted by atomic mass is 32.1. The molecule has 0 atom stereocenters. The van der Waals surface area contributed by atoms with Crippen LogP contribution in [-0.4, -0.2) is 21.5 Å². The van der Waals surface area contributed by atoms with Gasteiger partial charge in [-0.25, -0.2) is 4.98 Å². The molecule has 0 saturated carbocycles. The van der Waals surface area contributed by atoms with Gasteiger partial charge in [0.2, 0.25) is 5.95 Å². The van der Waals surface area contributed by atoms with E-state index in [1.165, 1.54) is 0 Å². The van der Waals surface area contributed by atoms with E-state index in [0.717, 1.165) is 11.5 Å². The number of fused-ring (bicyclic) bond motifs is 1. The van der Waals surface area contributed by atoms with Crippen molar-refractivity contribution in [2.24, 2.45) is 0 Å². The molecule has 4 nitrogen and oxygen atoms in total. The van der Waals surface area contributed by atoms with Crippen LogP contribution in [-0.2, 0) is 0 Å². The molecule has 0 spiro atoms. The summed E-state index contributed by atoms with van der Waals surface area (Å²) in [6.07, 6.45) is 3.73. The maximum atomic E-state index is 4.99. The van der Waals surface area contributed by atoms with E-state index in [-0.39, 0.29) is 0 Å². The molecule has 0 aliphatic heterocycles. The fourth-order valence-corrected chi connectivity index (χ4v) is 1.29. The summed E-state index contributed by atoms with van der Waals surface area (Å²) in [5, 5.41) is 6.38. The van der Waals surface area contributed by atoms with E-state index in [1.54, 1.807) is 13.2 Å². The number of thiocarbonyl (C=S) groups is 1. The minimum Gasteiger partial charge on any atom is -0.365 e. The van der Waals surface area contributed by atoms with Gasteiger partial charge in [0.25, 0.3) is 0 Å². The van der Waals surface area contributed by atoms with E-state index in [1.807, 2.05) is 28.8 Å². The van der Waals surface area contributed by atoms with Gasteiger partial charge in [-0.15, -0.1) is 0 Å². The van der Waals surface area contributed by atoms with Crippen LogP contribution in [0.5, 0.6) is 0 Å². The van der Waals surface area contributed by atoms with Gasteiger partial charge in [0.1, 0.15) is 0 Å². The first-order valence-corrected chi connectivity index (χ1v) is 4.63. The van der Waals surface area contributed by atoms with E-state index >= 15 is 0 Å². The van der Waals surface area contributed by atoms with Gasteiger partial charge in [0, 0.05) is 13.2 Å². The second-order valence-corrected chi connectivity index (χ2v) is 3.19. The first-order chi connectivity index (χ1) is 6.81.